The van der Waals surface area contributed by atoms with Gasteiger partial charge in [-0.1, -0.05) is 32.3 Å². The first-order valence-electron chi connectivity index (χ1n) is 6.49. The van der Waals surface area contributed by atoms with Crippen molar-refractivity contribution < 1.29 is 4.52 Å². The summed E-state index contributed by atoms with van der Waals surface area (Å²) in [6.45, 7) is 7.62. The fourth-order valence-corrected chi connectivity index (χ4v) is 1.32. The fourth-order valence-electron chi connectivity index (χ4n) is 1.32. The summed E-state index contributed by atoms with van der Waals surface area (Å²) in [5, 5.41) is 6.93. The van der Waals surface area contributed by atoms with Gasteiger partial charge >= 0.3 is 0 Å². The van der Waals surface area contributed by atoms with Crippen LogP contribution in [0, 0.1) is 0 Å². The second kappa shape index (κ2) is 9.99. The zero-order valence-electron chi connectivity index (χ0n) is 11.8. The predicted octanol–water partition coefficient (Wildman–Crippen LogP) is 2.06. The van der Waals surface area contributed by atoms with Crippen molar-refractivity contribution in [3.8, 4) is 0 Å². The van der Waals surface area contributed by atoms with Gasteiger partial charge in [0, 0.05) is 25.4 Å². The van der Waals surface area contributed by atoms with Gasteiger partial charge in [-0.05, 0) is 6.42 Å². The molecule has 0 aromatic carbocycles. The Morgan fingerprint density at radius 2 is 2.21 bits per heavy atom. The minimum absolute atomic E-state index is 0. The van der Waals surface area contributed by atoms with Crippen LogP contribution in [0.4, 0.5) is 0 Å². The molecule has 0 amide bonds. The Bertz CT molecular complexity index is 378. The molecule has 0 saturated carbocycles. The Balaban J connectivity index is 0.00000324. The highest BCUT2D eigenvalue weighted by Crippen LogP contribution is 2.09. The molecule has 0 saturated heterocycles. The number of nitrogens with zero attached hydrogens (tertiary/aromatic N) is 3. The molecule has 1 aromatic rings. The van der Waals surface area contributed by atoms with Gasteiger partial charge in [-0.15, -0.1) is 24.0 Å². The van der Waals surface area contributed by atoms with E-state index in [1.807, 2.05) is 13.8 Å². The topological polar surface area (TPSA) is 89.3 Å². The number of nitrogens with two attached hydrogens (primary N) is 1. The average Bonchev–Trinajstić information content (AvgIpc) is 2.78. The van der Waals surface area contributed by atoms with E-state index in [-0.39, 0.29) is 29.9 Å². The van der Waals surface area contributed by atoms with Gasteiger partial charge in [-0.25, -0.2) is 0 Å². The van der Waals surface area contributed by atoms with Crippen molar-refractivity contribution in [2.24, 2.45) is 10.7 Å². The maximum atomic E-state index is 5.70. The normalized spacial score (nSPS) is 11.5. The Kier molecular flexibility index (Phi) is 9.54. The van der Waals surface area contributed by atoms with Crippen LogP contribution >= 0.6 is 24.0 Å². The largest absolute Gasteiger partial charge is 0.370 e. The first-order chi connectivity index (χ1) is 8.63. The second-order valence-corrected chi connectivity index (χ2v) is 4.50. The molecular weight excluding hydrogens is 357 g/mol. The highest BCUT2D eigenvalue weighted by molar-refractivity contribution is 14.0. The Morgan fingerprint density at radius 3 is 2.79 bits per heavy atom. The third-order valence-electron chi connectivity index (χ3n) is 2.44. The highest BCUT2D eigenvalue weighted by Gasteiger charge is 2.08. The van der Waals surface area contributed by atoms with Crippen LogP contribution in [0.25, 0.3) is 0 Å². The molecule has 0 unspecified atom stereocenters. The summed E-state index contributed by atoms with van der Waals surface area (Å²) >= 11 is 0. The smallest absolute Gasteiger partial charge is 0.228 e. The number of halogens is 1. The van der Waals surface area contributed by atoms with Crippen molar-refractivity contribution >= 4 is 29.9 Å². The number of hydrogen-bond donors (Lipinski definition) is 2. The standard InChI is InChI=1S/C12H23N5O.HI/c1-4-5-7-14-12(13)15-8-6-10-16-11(9(2)3)17-18-10;/h9H,4-8H2,1-3H3,(H3,13,14,15);1H. The van der Waals surface area contributed by atoms with Crippen LogP contribution in [0.1, 0.15) is 51.2 Å². The number of unbranched alkanes of at least 4 members (excludes halogenated alkanes) is 1. The molecule has 0 aliphatic rings. The number of rotatable bonds is 7. The molecule has 7 heteroatoms. The predicted molar refractivity (Wildman–Crippen MR) is 86.9 cm³/mol. The van der Waals surface area contributed by atoms with E-state index in [9.17, 15) is 0 Å². The minimum atomic E-state index is 0. The molecule has 0 aliphatic heterocycles. The molecule has 1 aromatic heterocycles. The van der Waals surface area contributed by atoms with E-state index >= 15 is 0 Å². The summed E-state index contributed by atoms with van der Waals surface area (Å²) in [6, 6.07) is 0. The van der Waals surface area contributed by atoms with Crippen LogP contribution in [0.15, 0.2) is 9.52 Å². The lowest BCUT2D eigenvalue weighted by atomic mass is 10.2. The van der Waals surface area contributed by atoms with E-state index in [0.29, 0.717) is 24.8 Å². The molecule has 0 radical (unpaired) electrons. The van der Waals surface area contributed by atoms with Crippen molar-refractivity contribution in [1.82, 2.24) is 15.5 Å². The zero-order valence-corrected chi connectivity index (χ0v) is 14.2. The average molecular weight is 381 g/mol. The van der Waals surface area contributed by atoms with E-state index in [0.717, 1.165) is 25.2 Å². The molecule has 1 heterocycles. The highest BCUT2D eigenvalue weighted by atomic mass is 127. The summed E-state index contributed by atoms with van der Waals surface area (Å²) in [5.74, 6) is 2.14. The van der Waals surface area contributed by atoms with Gasteiger partial charge in [0.25, 0.3) is 0 Å². The summed E-state index contributed by atoms with van der Waals surface area (Å²) in [6.07, 6.45) is 2.84. The SMILES string of the molecule is CCCCN=C(N)NCCc1nc(C(C)C)no1.I. The van der Waals surface area contributed by atoms with Crippen LogP contribution in [-0.4, -0.2) is 29.2 Å². The molecule has 6 nitrogen and oxygen atoms in total. The van der Waals surface area contributed by atoms with Gasteiger partial charge in [0.05, 0.1) is 0 Å². The number of guanidine groups is 1. The maximum Gasteiger partial charge on any atom is 0.228 e. The van der Waals surface area contributed by atoms with Gasteiger partial charge in [-0.3, -0.25) is 4.99 Å². The van der Waals surface area contributed by atoms with E-state index in [1.54, 1.807) is 0 Å². The van der Waals surface area contributed by atoms with Crippen molar-refractivity contribution in [2.75, 3.05) is 13.1 Å². The quantitative estimate of drug-likeness (QED) is 0.327. The molecular formula is C12H24IN5O. The molecule has 1 rings (SSSR count). The van der Waals surface area contributed by atoms with E-state index in [2.05, 4.69) is 27.4 Å². The van der Waals surface area contributed by atoms with Crippen LogP contribution in [0.2, 0.25) is 0 Å². The number of aromatic nitrogens is 2. The van der Waals surface area contributed by atoms with Gasteiger partial charge < -0.3 is 15.6 Å². The van der Waals surface area contributed by atoms with Crippen LogP contribution < -0.4 is 11.1 Å². The maximum absolute atomic E-state index is 5.70. The van der Waals surface area contributed by atoms with Crippen molar-refractivity contribution in [3.05, 3.63) is 11.7 Å². The first-order valence-corrected chi connectivity index (χ1v) is 6.49. The fraction of sp³-hybridized carbons (Fsp3) is 0.750. The Morgan fingerprint density at radius 1 is 1.47 bits per heavy atom. The summed E-state index contributed by atoms with van der Waals surface area (Å²) in [5.41, 5.74) is 5.70. The summed E-state index contributed by atoms with van der Waals surface area (Å²) < 4.78 is 5.12. The number of hydrogen-bond acceptors (Lipinski definition) is 4. The van der Waals surface area contributed by atoms with Crippen molar-refractivity contribution in [1.29, 1.82) is 0 Å². The first kappa shape index (κ1) is 18.1. The molecule has 19 heavy (non-hydrogen) atoms. The minimum Gasteiger partial charge on any atom is -0.370 e. The third-order valence-corrected chi connectivity index (χ3v) is 2.44. The third kappa shape index (κ3) is 7.34. The number of aliphatic imine (C=N–C) groups is 1. The second-order valence-electron chi connectivity index (χ2n) is 4.50. The summed E-state index contributed by atoms with van der Waals surface area (Å²) in [4.78, 5) is 8.48. The van der Waals surface area contributed by atoms with Crippen LogP contribution in [-0.2, 0) is 6.42 Å². The summed E-state index contributed by atoms with van der Waals surface area (Å²) in [7, 11) is 0. The molecule has 0 atom stereocenters. The molecule has 0 aliphatic carbocycles. The molecule has 110 valence electrons. The van der Waals surface area contributed by atoms with Crippen molar-refractivity contribution in [3.63, 3.8) is 0 Å². The van der Waals surface area contributed by atoms with Gasteiger partial charge in [0.1, 0.15) is 0 Å². The van der Waals surface area contributed by atoms with E-state index in [1.165, 1.54) is 0 Å². The van der Waals surface area contributed by atoms with Crippen LogP contribution in [0.5, 0.6) is 0 Å². The zero-order chi connectivity index (χ0) is 13.4. The monoisotopic (exact) mass is 381 g/mol. The Hall–Kier alpha value is -0.860. The van der Waals surface area contributed by atoms with Gasteiger partial charge in [0.15, 0.2) is 11.8 Å². The van der Waals surface area contributed by atoms with E-state index < -0.39 is 0 Å². The lowest BCUT2D eigenvalue weighted by Gasteiger charge is -2.02. The van der Waals surface area contributed by atoms with Gasteiger partial charge in [0.2, 0.25) is 5.89 Å². The molecule has 0 spiro atoms. The molecule has 0 bridgehead atoms. The lowest BCUT2D eigenvalue weighted by molar-refractivity contribution is 0.371. The van der Waals surface area contributed by atoms with Crippen LogP contribution in [0.3, 0.4) is 0 Å². The van der Waals surface area contributed by atoms with Gasteiger partial charge in [-0.2, -0.15) is 4.98 Å². The van der Waals surface area contributed by atoms with Crippen molar-refractivity contribution in [2.45, 2.75) is 46.0 Å². The number of nitrogens with one attached hydrogen (secondary N) is 1. The molecule has 0 fully saturated rings. The van der Waals surface area contributed by atoms with E-state index in [4.69, 9.17) is 10.3 Å². The Labute approximate surface area is 131 Å². The lowest BCUT2D eigenvalue weighted by Crippen LogP contribution is -2.33. The molecule has 3 N–H and O–H groups in total.